The molecule has 2 aliphatic rings. The first-order chi connectivity index (χ1) is 9.10. The van der Waals surface area contributed by atoms with Crippen molar-refractivity contribution in [2.45, 2.75) is 77.7 Å². The maximum Gasteiger partial charge on any atom is 0.188 e. The lowest BCUT2D eigenvalue weighted by atomic mass is 9.78. The Bertz CT molecular complexity index is 297. The van der Waals surface area contributed by atoms with E-state index in [9.17, 15) is 0 Å². The van der Waals surface area contributed by atoms with E-state index in [1.807, 2.05) is 0 Å². The molecule has 3 heteroatoms. The summed E-state index contributed by atoms with van der Waals surface area (Å²) in [4.78, 5) is 4.68. The molecule has 3 N–H and O–H groups in total. The number of hydrogen-bond donors (Lipinski definition) is 2. The summed E-state index contributed by atoms with van der Waals surface area (Å²) in [5.74, 6) is 1.44. The summed E-state index contributed by atoms with van der Waals surface area (Å²) in [7, 11) is 0. The fraction of sp³-hybridized carbons (Fsp3) is 0.938. The predicted octanol–water partition coefficient (Wildman–Crippen LogP) is 3.44. The second kappa shape index (κ2) is 6.62. The van der Waals surface area contributed by atoms with Gasteiger partial charge in [0.1, 0.15) is 0 Å². The molecule has 0 aliphatic heterocycles. The summed E-state index contributed by atoms with van der Waals surface area (Å²) < 4.78 is 0. The third kappa shape index (κ3) is 4.39. The van der Waals surface area contributed by atoms with E-state index in [0.29, 0.717) is 17.4 Å². The Kier molecular flexibility index (Phi) is 5.12. The van der Waals surface area contributed by atoms with Crippen LogP contribution in [-0.4, -0.2) is 18.5 Å². The minimum absolute atomic E-state index is 0.441. The van der Waals surface area contributed by atoms with Gasteiger partial charge in [0.2, 0.25) is 0 Å². The molecule has 0 bridgehead atoms. The highest BCUT2D eigenvalue weighted by Gasteiger charge is 2.34. The maximum atomic E-state index is 6.06. The smallest absolute Gasteiger partial charge is 0.188 e. The van der Waals surface area contributed by atoms with Gasteiger partial charge in [0.15, 0.2) is 5.96 Å². The lowest BCUT2D eigenvalue weighted by Crippen LogP contribution is -2.39. The lowest BCUT2D eigenvalue weighted by Gasteiger charge is -2.29. The van der Waals surface area contributed by atoms with E-state index >= 15 is 0 Å². The summed E-state index contributed by atoms with van der Waals surface area (Å²) in [6, 6.07) is 0.577. The van der Waals surface area contributed by atoms with Gasteiger partial charge in [0.25, 0.3) is 0 Å². The molecule has 3 nitrogen and oxygen atoms in total. The van der Waals surface area contributed by atoms with Crippen molar-refractivity contribution < 1.29 is 0 Å². The third-order valence-electron chi connectivity index (χ3n) is 4.80. The number of rotatable bonds is 5. The number of nitrogens with one attached hydrogen (secondary N) is 1. The van der Waals surface area contributed by atoms with Gasteiger partial charge in [-0.15, -0.1) is 0 Å². The standard InChI is InChI=1S/C16H31N3/c1-13(2)11-16(9-5-6-10-16)12-18-15(17)19-14-7-3-4-8-14/h13-14H,3-12H2,1-2H3,(H3,17,18,19). The van der Waals surface area contributed by atoms with Crippen LogP contribution in [0.3, 0.4) is 0 Å². The second-order valence-corrected chi connectivity index (χ2v) is 7.13. The molecule has 2 fully saturated rings. The molecule has 110 valence electrons. The van der Waals surface area contributed by atoms with Gasteiger partial charge in [-0.05, 0) is 43.4 Å². The van der Waals surface area contributed by atoms with Crippen LogP contribution in [0.4, 0.5) is 0 Å². The summed E-state index contributed by atoms with van der Waals surface area (Å²) in [5.41, 5.74) is 6.50. The van der Waals surface area contributed by atoms with Crippen molar-refractivity contribution in [3.05, 3.63) is 0 Å². The van der Waals surface area contributed by atoms with E-state index < -0.39 is 0 Å². The second-order valence-electron chi connectivity index (χ2n) is 7.13. The average Bonchev–Trinajstić information content (AvgIpc) is 2.98. The monoisotopic (exact) mass is 265 g/mol. The van der Waals surface area contributed by atoms with Crippen molar-refractivity contribution in [2.75, 3.05) is 6.54 Å². The van der Waals surface area contributed by atoms with Gasteiger partial charge in [0.05, 0.1) is 0 Å². The van der Waals surface area contributed by atoms with E-state index in [4.69, 9.17) is 5.73 Å². The van der Waals surface area contributed by atoms with Gasteiger partial charge in [-0.25, -0.2) is 0 Å². The van der Waals surface area contributed by atoms with E-state index in [0.717, 1.165) is 12.5 Å². The Balaban J connectivity index is 1.86. The van der Waals surface area contributed by atoms with Crippen molar-refractivity contribution >= 4 is 5.96 Å². The molecule has 2 rings (SSSR count). The summed E-state index contributed by atoms with van der Waals surface area (Å²) in [6.07, 6.45) is 11.9. The van der Waals surface area contributed by atoms with E-state index in [2.05, 4.69) is 24.2 Å². The predicted molar refractivity (Wildman–Crippen MR) is 82.2 cm³/mol. The average molecular weight is 265 g/mol. The fourth-order valence-electron chi connectivity index (χ4n) is 4.00. The van der Waals surface area contributed by atoms with Crippen LogP contribution in [0.15, 0.2) is 4.99 Å². The number of aliphatic imine (C=N–C) groups is 1. The molecule has 0 saturated heterocycles. The van der Waals surface area contributed by atoms with Crippen LogP contribution in [-0.2, 0) is 0 Å². The molecule has 0 aromatic heterocycles. The Morgan fingerprint density at radius 1 is 1.21 bits per heavy atom. The van der Waals surface area contributed by atoms with Gasteiger partial charge < -0.3 is 11.1 Å². The molecular weight excluding hydrogens is 234 g/mol. The zero-order valence-corrected chi connectivity index (χ0v) is 12.8. The molecule has 0 atom stereocenters. The molecular formula is C16H31N3. The maximum absolute atomic E-state index is 6.06. The minimum Gasteiger partial charge on any atom is -0.370 e. The molecule has 0 aromatic rings. The van der Waals surface area contributed by atoms with E-state index in [-0.39, 0.29) is 0 Å². The van der Waals surface area contributed by atoms with Crippen LogP contribution in [0.2, 0.25) is 0 Å². The fourth-order valence-corrected chi connectivity index (χ4v) is 4.00. The van der Waals surface area contributed by atoms with Crippen molar-refractivity contribution in [1.82, 2.24) is 5.32 Å². The first kappa shape index (κ1) is 14.7. The summed E-state index contributed by atoms with van der Waals surface area (Å²) in [5, 5.41) is 3.40. The van der Waals surface area contributed by atoms with Crippen LogP contribution in [0.25, 0.3) is 0 Å². The molecule has 2 aliphatic carbocycles. The highest BCUT2D eigenvalue weighted by molar-refractivity contribution is 5.78. The van der Waals surface area contributed by atoms with E-state index in [1.165, 1.54) is 57.8 Å². The van der Waals surface area contributed by atoms with Crippen LogP contribution < -0.4 is 11.1 Å². The minimum atomic E-state index is 0.441. The van der Waals surface area contributed by atoms with Crippen LogP contribution in [0, 0.1) is 11.3 Å². The Hall–Kier alpha value is -0.730. The quantitative estimate of drug-likeness (QED) is 0.591. The summed E-state index contributed by atoms with van der Waals surface area (Å²) in [6.45, 7) is 5.57. The van der Waals surface area contributed by atoms with Crippen LogP contribution >= 0.6 is 0 Å². The molecule has 2 saturated carbocycles. The molecule has 0 unspecified atom stereocenters. The van der Waals surface area contributed by atoms with Crippen molar-refractivity contribution in [3.8, 4) is 0 Å². The molecule has 0 amide bonds. The van der Waals surface area contributed by atoms with Gasteiger partial charge in [-0.2, -0.15) is 0 Å². The van der Waals surface area contributed by atoms with Gasteiger partial charge in [-0.3, -0.25) is 4.99 Å². The molecule has 0 radical (unpaired) electrons. The first-order valence-corrected chi connectivity index (χ1v) is 8.16. The van der Waals surface area contributed by atoms with Crippen LogP contribution in [0.1, 0.15) is 71.6 Å². The van der Waals surface area contributed by atoms with Gasteiger partial charge in [-0.1, -0.05) is 39.5 Å². The molecule has 19 heavy (non-hydrogen) atoms. The van der Waals surface area contributed by atoms with E-state index in [1.54, 1.807) is 0 Å². The number of nitrogens with zero attached hydrogens (tertiary/aromatic N) is 1. The van der Waals surface area contributed by atoms with Gasteiger partial charge >= 0.3 is 0 Å². The normalized spacial score (nSPS) is 24.3. The third-order valence-corrected chi connectivity index (χ3v) is 4.80. The largest absolute Gasteiger partial charge is 0.370 e. The van der Waals surface area contributed by atoms with Crippen molar-refractivity contribution in [3.63, 3.8) is 0 Å². The first-order valence-electron chi connectivity index (χ1n) is 8.16. The molecule has 0 spiro atoms. The number of guanidine groups is 1. The zero-order valence-electron chi connectivity index (χ0n) is 12.8. The zero-order chi connectivity index (χ0) is 13.7. The topological polar surface area (TPSA) is 50.4 Å². The Labute approximate surface area is 118 Å². The number of hydrogen-bond acceptors (Lipinski definition) is 1. The SMILES string of the molecule is CC(C)CC1(CN=C(N)NC2CCCC2)CCCC1. The highest BCUT2D eigenvalue weighted by atomic mass is 15.1. The molecule has 0 heterocycles. The number of nitrogens with two attached hydrogens (primary N) is 1. The summed E-state index contributed by atoms with van der Waals surface area (Å²) >= 11 is 0. The van der Waals surface area contributed by atoms with Crippen molar-refractivity contribution in [1.29, 1.82) is 0 Å². The molecule has 0 aromatic carbocycles. The lowest BCUT2D eigenvalue weighted by molar-refractivity contribution is 0.245. The highest BCUT2D eigenvalue weighted by Crippen LogP contribution is 2.43. The Morgan fingerprint density at radius 2 is 1.84 bits per heavy atom. The van der Waals surface area contributed by atoms with Gasteiger partial charge in [0, 0.05) is 12.6 Å². The van der Waals surface area contributed by atoms with Crippen LogP contribution in [0.5, 0.6) is 0 Å². The Morgan fingerprint density at radius 3 is 2.42 bits per heavy atom. The van der Waals surface area contributed by atoms with Crippen molar-refractivity contribution in [2.24, 2.45) is 22.1 Å².